The maximum Gasteiger partial charge on any atom is 0.142 e. The molecular weight excluding hydrogens is 534 g/mol. The summed E-state index contributed by atoms with van der Waals surface area (Å²) in [5.74, 6) is 1.89. The smallest absolute Gasteiger partial charge is 0.142 e. The Morgan fingerprint density at radius 3 is 2.40 bits per heavy atom. The number of rotatable bonds is 13. The first-order chi connectivity index (χ1) is 20.6. The molecule has 2 saturated heterocycles. The summed E-state index contributed by atoms with van der Waals surface area (Å²) in [6.45, 7) is 12.9. The lowest BCUT2D eigenvalue weighted by atomic mass is 9.85. The van der Waals surface area contributed by atoms with Crippen molar-refractivity contribution in [2.24, 2.45) is 0 Å². The number of nitrogens with zero attached hydrogens (tertiary/aromatic N) is 2. The second kappa shape index (κ2) is 15.4. The van der Waals surface area contributed by atoms with Crippen LogP contribution in [0.25, 0.3) is 0 Å². The lowest BCUT2D eigenvalue weighted by Gasteiger charge is -2.41. The van der Waals surface area contributed by atoms with Gasteiger partial charge in [-0.25, -0.2) is 0 Å². The molecule has 3 aliphatic rings. The van der Waals surface area contributed by atoms with E-state index in [4.69, 9.17) is 28.4 Å². The van der Waals surface area contributed by atoms with Gasteiger partial charge in [0.1, 0.15) is 18.1 Å². The van der Waals surface area contributed by atoms with Gasteiger partial charge in [-0.2, -0.15) is 0 Å². The number of hydrogen-bond acceptors (Lipinski definition) is 9. The molecule has 9 nitrogen and oxygen atoms in total. The molecule has 1 N–H and O–H groups in total. The highest BCUT2D eigenvalue weighted by molar-refractivity contribution is 5.61. The van der Waals surface area contributed by atoms with Crippen LogP contribution in [0.4, 0.5) is 5.69 Å². The lowest BCUT2D eigenvalue weighted by Crippen LogP contribution is -2.53. The number of fused-ring (bicyclic) bond motifs is 1. The van der Waals surface area contributed by atoms with E-state index >= 15 is 0 Å². The van der Waals surface area contributed by atoms with Crippen molar-refractivity contribution in [3.05, 3.63) is 53.6 Å². The topological polar surface area (TPSA) is 73.9 Å². The molecule has 42 heavy (non-hydrogen) atoms. The number of nitrogens with one attached hydrogen (secondary N) is 1. The Morgan fingerprint density at radius 2 is 1.67 bits per heavy atom. The lowest BCUT2D eigenvalue weighted by molar-refractivity contribution is -0.0796. The van der Waals surface area contributed by atoms with Crippen LogP contribution in [0.3, 0.4) is 0 Å². The molecule has 5 atom stereocenters. The third kappa shape index (κ3) is 7.75. The number of methoxy groups -OCH3 is 2. The quantitative estimate of drug-likeness (QED) is 0.356. The summed E-state index contributed by atoms with van der Waals surface area (Å²) in [4.78, 5) is 4.89. The summed E-state index contributed by atoms with van der Waals surface area (Å²) in [5, 5.41) is 3.59. The van der Waals surface area contributed by atoms with Gasteiger partial charge in [0.25, 0.3) is 0 Å². The van der Waals surface area contributed by atoms with Gasteiger partial charge in [-0.3, -0.25) is 4.90 Å². The summed E-state index contributed by atoms with van der Waals surface area (Å²) < 4.78 is 35.7. The maximum absolute atomic E-state index is 6.70. The number of hydrogen-bond donors (Lipinski definition) is 1. The molecule has 3 heterocycles. The van der Waals surface area contributed by atoms with Gasteiger partial charge in [0.15, 0.2) is 0 Å². The van der Waals surface area contributed by atoms with E-state index in [0.717, 1.165) is 81.7 Å². The van der Waals surface area contributed by atoms with E-state index in [-0.39, 0.29) is 18.1 Å². The van der Waals surface area contributed by atoms with Crippen molar-refractivity contribution in [2.45, 2.75) is 57.1 Å². The van der Waals surface area contributed by atoms with E-state index in [9.17, 15) is 0 Å². The monoisotopic (exact) mass is 583 g/mol. The van der Waals surface area contributed by atoms with Crippen LogP contribution in [0.1, 0.15) is 37.3 Å². The van der Waals surface area contributed by atoms with Gasteiger partial charge in [-0.15, -0.1) is 0 Å². The Bertz CT molecular complexity index is 1090. The van der Waals surface area contributed by atoms with Crippen molar-refractivity contribution in [3.63, 3.8) is 0 Å². The molecule has 3 unspecified atom stereocenters. The van der Waals surface area contributed by atoms with Crippen LogP contribution >= 0.6 is 0 Å². The van der Waals surface area contributed by atoms with Crippen molar-refractivity contribution in [3.8, 4) is 11.5 Å². The Labute approximate surface area is 251 Å². The second-order valence-electron chi connectivity index (χ2n) is 11.7. The predicted octanol–water partition coefficient (Wildman–Crippen LogP) is 3.70. The van der Waals surface area contributed by atoms with Gasteiger partial charge in [-0.1, -0.05) is 18.2 Å². The number of piperidine rings is 1. The van der Waals surface area contributed by atoms with Crippen LogP contribution in [0.15, 0.2) is 42.5 Å². The first-order valence-electron chi connectivity index (χ1n) is 15.5. The van der Waals surface area contributed by atoms with Gasteiger partial charge < -0.3 is 38.6 Å². The van der Waals surface area contributed by atoms with Crippen molar-refractivity contribution in [1.29, 1.82) is 0 Å². The van der Waals surface area contributed by atoms with Gasteiger partial charge in [0.05, 0.1) is 58.0 Å². The molecule has 2 fully saturated rings. The average molecular weight is 584 g/mol. The van der Waals surface area contributed by atoms with Gasteiger partial charge in [0, 0.05) is 57.9 Å². The van der Waals surface area contributed by atoms with Crippen LogP contribution < -0.4 is 19.7 Å². The summed E-state index contributed by atoms with van der Waals surface area (Å²) in [7, 11) is 3.45. The number of anilines is 1. The molecule has 232 valence electrons. The highest BCUT2D eigenvalue weighted by Gasteiger charge is 2.36. The van der Waals surface area contributed by atoms with Crippen LogP contribution in [-0.4, -0.2) is 109 Å². The zero-order chi connectivity index (χ0) is 29.3. The summed E-state index contributed by atoms with van der Waals surface area (Å²) in [6.07, 6.45) is 0.944. The predicted molar refractivity (Wildman–Crippen MR) is 164 cm³/mol. The Balaban J connectivity index is 1.27. The van der Waals surface area contributed by atoms with Crippen molar-refractivity contribution < 1.29 is 28.4 Å². The molecule has 0 bridgehead atoms. The fraction of sp³-hybridized carbons (Fsp3) is 0.636. The zero-order valence-corrected chi connectivity index (χ0v) is 25.8. The highest BCUT2D eigenvalue weighted by atomic mass is 16.5. The molecule has 0 aliphatic carbocycles. The molecular formula is C33H49N3O6. The van der Waals surface area contributed by atoms with Gasteiger partial charge >= 0.3 is 0 Å². The Morgan fingerprint density at radius 1 is 0.905 bits per heavy atom. The third-order valence-corrected chi connectivity index (χ3v) is 8.75. The third-order valence-electron chi connectivity index (χ3n) is 8.75. The molecule has 9 heteroatoms. The standard InChI is InChI=1S/C33H49N3O6/c1-24-21-39-22-25(2)36(24)14-17-41-31-19-34-20-32(33(31)27-7-9-28(38-4)10-8-27)42-23-26-6-11-30-29(18-26)35(13-16-40-30)12-5-15-37-3/h6-11,18,24-25,31-34H,5,12-17,19-23H2,1-4H3/t24?,25?,31-,32+,33?/m1/s1. The van der Waals surface area contributed by atoms with Crippen LogP contribution in [0.5, 0.6) is 11.5 Å². The minimum atomic E-state index is -0.0385. The van der Waals surface area contributed by atoms with E-state index in [2.05, 4.69) is 59.3 Å². The van der Waals surface area contributed by atoms with E-state index in [1.807, 2.05) is 12.1 Å². The normalized spacial score (nSPS) is 26.5. The molecule has 5 rings (SSSR count). The SMILES string of the molecule is COCCCN1CCOc2ccc(CO[C@H]3CNC[C@@H](OCCN4C(C)COCC4C)C3c3ccc(OC)cc3)cc21. The second-order valence-corrected chi connectivity index (χ2v) is 11.7. The molecule has 0 saturated carbocycles. The van der Waals surface area contributed by atoms with Crippen LogP contribution in [0, 0.1) is 0 Å². The Hall–Kier alpha value is -2.40. The minimum Gasteiger partial charge on any atom is -0.497 e. The van der Waals surface area contributed by atoms with Gasteiger partial charge in [-0.05, 0) is 55.7 Å². The molecule has 0 spiro atoms. The van der Waals surface area contributed by atoms with E-state index in [1.165, 1.54) is 5.56 Å². The molecule has 0 amide bonds. The summed E-state index contributed by atoms with van der Waals surface area (Å²) >= 11 is 0. The average Bonchev–Trinajstić information content (AvgIpc) is 3.02. The largest absolute Gasteiger partial charge is 0.497 e. The zero-order valence-electron chi connectivity index (χ0n) is 25.8. The first kappa shape index (κ1) is 31.0. The molecule has 2 aromatic carbocycles. The fourth-order valence-electron chi connectivity index (χ4n) is 6.47. The first-order valence-corrected chi connectivity index (χ1v) is 15.5. The molecule has 0 aromatic heterocycles. The molecule has 0 radical (unpaired) electrons. The van der Waals surface area contributed by atoms with Crippen molar-refractivity contribution in [2.75, 3.05) is 84.9 Å². The molecule has 3 aliphatic heterocycles. The molecule has 2 aromatic rings. The number of benzene rings is 2. The highest BCUT2D eigenvalue weighted by Crippen LogP contribution is 2.35. The Kier molecular flexibility index (Phi) is 11.4. The number of morpholine rings is 1. The summed E-state index contributed by atoms with van der Waals surface area (Å²) in [6, 6.07) is 15.6. The van der Waals surface area contributed by atoms with E-state index in [1.54, 1.807) is 14.2 Å². The van der Waals surface area contributed by atoms with Crippen molar-refractivity contribution >= 4 is 5.69 Å². The van der Waals surface area contributed by atoms with E-state index < -0.39 is 0 Å². The van der Waals surface area contributed by atoms with Crippen LogP contribution in [0.2, 0.25) is 0 Å². The van der Waals surface area contributed by atoms with Crippen LogP contribution in [-0.2, 0) is 25.6 Å². The fourth-order valence-corrected chi connectivity index (χ4v) is 6.47. The van der Waals surface area contributed by atoms with Crippen molar-refractivity contribution in [1.82, 2.24) is 10.2 Å². The minimum absolute atomic E-state index is 0.00277. The van der Waals surface area contributed by atoms with E-state index in [0.29, 0.717) is 31.9 Å². The maximum atomic E-state index is 6.70. The number of ether oxygens (including phenoxy) is 6. The van der Waals surface area contributed by atoms with Gasteiger partial charge in [0.2, 0.25) is 0 Å². The summed E-state index contributed by atoms with van der Waals surface area (Å²) in [5.41, 5.74) is 3.49.